The molecule has 0 aromatic rings. The average Bonchev–Trinajstić information content (AvgIpc) is 2.97. The van der Waals surface area contributed by atoms with Crippen molar-refractivity contribution in [1.82, 2.24) is 5.32 Å². The zero-order valence-electron chi connectivity index (χ0n) is 8.86. The van der Waals surface area contributed by atoms with Crippen LogP contribution in [0.1, 0.15) is 26.2 Å². The number of ether oxygens (including phenoxy) is 1. The second-order valence-electron chi connectivity index (χ2n) is 3.77. The lowest BCUT2D eigenvalue weighted by molar-refractivity contribution is -0.142. The molecule has 1 rings (SSSR count). The maximum atomic E-state index is 11.2. The van der Waals surface area contributed by atoms with Crippen LogP contribution in [0.15, 0.2) is 0 Å². The molecular formula is C10H17NO4. The van der Waals surface area contributed by atoms with Gasteiger partial charge in [0.15, 0.2) is 0 Å². The Hall–Kier alpha value is -1.10. The number of carboxylic acid groups (broad SMARTS) is 1. The summed E-state index contributed by atoms with van der Waals surface area (Å²) in [7, 11) is 0. The lowest BCUT2D eigenvalue weighted by Crippen LogP contribution is -2.42. The van der Waals surface area contributed by atoms with Crippen LogP contribution < -0.4 is 5.32 Å². The molecule has 0 aromatic carbocycles. The highest BCUT2D eigenvalue weighted by Crippen LogP contribution is 2.33. The fourth-order valence-corrected chi connectivity index (χ4v) is 1.34. The van der Waals surface area contributed by atoms with Crippen molar-refractivity contribution >= 4 is 11.9 Å². The van der Waals surface area contributed by atoms with Crippen molar-refractivity contribution in [3.8, 4) is 0 Å². The third-order valence-corrected chi connectivity index (χ3v) is 2.34. The van der Waals surface area contributed by atoms with E-state index in [1.807, 2.05) is 0 Å². The molecule has 86 valence electrons. The number of carbonyl (C=O) groups excluding carboxylic acids is 1. The zero-order valence-corrected chi connectivity index (χ0v) is 8.86. The molecule has 1 aliphatic rings. The van der Waals surface area contributed by atoms with Crippen LogP contribution in [0.3, 0.4) is 0 Å². The first-order valence-corrected chi connectivity index (χ1v) is 5.23. The van der Waals surface area contributed by atoms with E-state index >= 15 is 0 Å². The molecule has 1 saturated carbocycles. The number of hydrogen-bond donors (Lipinski definition) is 2. The Morgan fingerprint density at radius 3 is 2.67 bits per heavy atom. The zero-order chi connectivity index (χ0) is 11.3. The second kappa shape index (κ2) is 5.70. The van der Waals surface area contributed by atoms with E-state index in [0.29, 0.717) is 18.9 Å². The Labute approximate surface area is 88.8 Å². The highest BCUT2D eigenvalue weighted by Gasteiger charge is 2.29. The number of carboxylic acids is 1. The van der Waals surface area contributed by atoms with Gasteiger partial charge < -0.3 is 15.2 Å². The number of hydrogen-bond acceptors (Lipinski definition) is 3. The molecule has 1 amide bonds. The Morgan fingerprint density at radius 2 is 2.20 bits per heavy atom. The van der Waals surface area contributed by atoms with Gasteiger partial charge in [0.25, 0.3) is 0 Å². The van der Waals surface area contributed by atoms with Crippen LogP contribution in [0, 0.1) is 5.92 Å². The number of amides is 1. The van der Waals surface area contributed by atoms with Gasteiger partial charge in [-0.1, -0.05) is 12.8 Å². The smallest absolute Gasteiger partial charge is 0.326 e. The summed E-state index contributed by atoms with van der Waals surface area (Å²) in [5, 5.41) is 11.3. The van der Waals surface area contributed by atoms with Gasteiger partial charge in [0.2, 0.25) is 5.91 Å². The van der Waals surface area contributed by atoms with Crippen LogP contribution in [-0.2, 0) is 14.3 Å². The van der Waals surface area contributed by atoms with Gasteiger partial charge in [-0.2, -0.15) is 0 Å². The van der Waals surface area contributed by atoms with Crippen molar-refractivity contribution in [2.45, 2.75) is 32.2 Å². The first kappa shape index (κ1) is 12.0. The van der Waals surface area contributed by atoms with Crippen LogP contribution in [0.2, 0.25) is 0 Å². The van der Waals surface area contributed by atoms with Crippen molar-refractivity contribution in [2.24, 2.45) is 5.92 Å². The van der Waals surface area contributed by atoms with E-state index < -0.39 is 12.0 Å². The Kier molecular flexibility index (Phi) is 4.55. The van der Waals surface area contributed by atoms with E-state index in [4.69, 9.17) is 9.84 Å². The molecule has 0 unspecified atom stereocenters. The van der Waals surface area contributed by atoms with Gasteiger partial charge in [0.1, 0.15) is 12.6 Å². The molecule has 0 aromatic heterocycles. The van der Waals surface area contributed by atoms with E-state index in [9.17, 15) is 9.59 Å². The average molecular weight is 215 g/mol. The number of carbonyl (C=O) groups is 2. The fourth-order valence-electron chi connectivity index (χ4n) is 1.34. The first-order chi connectivity index (χ1) is 7.13. The van der Waals surface area contributed by atoms with Crippen LogP contribution in [0.25, 0.3) is 0 Å². The third-order valence-electron chi connectivity index (χ3n) is 2.34. The van der Waals surface area contributed by atoms with Gasteiger partial charge in [-0.05, 0) is 19.3 Å². The van der Waals surface area contributed by atoms with Gasteiger partial charge in [-0.3, -0.25) is 4.79 Å². The standard InChI is InChI=1S/C10H17NO4/c1-2-15-6-9(12)11-8(10(13)14)5-7-3-4-7/h7-8H,2-6H2,1H3,(H,11,12)(H,13,14)/t8-/m1/s1. The highest BCUT2D eigenvalue weighted by atomic mass is 16.5. The molecule has 0 spiro atoms. The summed E-state index contributed by atoms with van der Waals surface area (Å²) in [5.41, 5.74) is 0. The predicted octanol–water partition coefficient (Wildman–Crippen LogP) is 0.392. The van der Waals surface area contributed by atoms with Gasteiger partial charge in [0, 0.05) is 6.61 Å². The second-order valence-corrected chi connectivity index (χ2v) is 3.77. The maximum absolute atomic E-state index is 11.2. The normalized spacial score (nSPS) is 17.1. The molecule has 5 nitrogen and oxygen atoms in total. The first-order valence-electron chi connectivity index (χ1n) is 5.23. The van der Waals surface area contributed by atoms with Crippen molar-refractivity contribution in [2.75, 3.05) is 13.2 Å². The number of aliphatic carboxylic acids is 1. The Balaban J connectivity index is 2.28. The summed E-state index contributed by atoms with van der Waals surface area (Å²) in [6, 6.07) is -0.759. The van der Waals surface area contributed by atoms with Crippen LogP contribution in [0.4, 0.5) is 0 Å². The van der Waals surface area contributed by atoms with E-state index in [1.165, 1.54) is 0 Å². The molecular weight excluding hydrogens is 198 g/mol. The molecule has 0 aliphatic heterocycles. The topological polar surface area (TPSA) is 75.6 Å². The molecule has 5 heteroatoms. The molecule has 1 atom stereocenters. The van der Waals surface area contributed by atoms with Crippen LogP contribution >= 0.6 is 0 Å². The molecule has 0 heterocycles. The summed E-state index contributed by atoms with van der Waals surface area (Å²) in [4.78, 5) is 22.0. The summed E-state index contributed by atoms with van der Waals surface area (Å²) >= 11 is 0. The largest absolute Gasteiger partial charge is 0.480 e. The number of nitrogens with one attached hydrogen (secondary N) is 1. The SMILES string of the molecule is CCOCC(=O)N[C@H](CC1CC1)C(=O)O. The third kappa shape index (κ3) is 4.78. The summed E-state index contributed by atoms with van der Waals surface area (Å²) < 4.78 is 4.89. The van der Waals surface area contributed by atoms with Crippen molar-refractivity contribution in [1.29, 1.82) is 0 Å². The highest BCUT2D eigenvalue weighted by molar-refractivity contribution is 5.84. The minimum Gasteiger partial charge on any atom is -0.480 e. The fraction of sp³-hybridized carbons (Fsp3) is 0.800. The minimum absolute atomic E-state index is 0.0645. The van der Waals surface area contributed by atoms with Crippen molar-refractivity contribution in [3.05, 3.63) is 0 Å². The molecule has 0 saturated heterocycles. The quantitative estimate of drug-likeness (QED) is 0.644. The lowest BCUT2D eigenvalue weighted by Gasteiger charge is -2.13. The van der Waals surface area contributed by atoms with Crippen molar-refractivity contribution < 1.29 is 19.4 Å². The van der Waals surface area contributed by atoms with E-state index in [2.05, 4.69) is 5.32 Å². The number of rotatable bonds is 7. The molecule has 1 fully saturated rings. The summed E-state index contributed by atoms with van der Waals surface area (Å²) in [6.45, 7) is 2.17. The summed E-state index contributed by atoms with van der Waals surface area (Å²) in [5.74, 6) is -0.852. The molecule has 0 radical (unpaired) electrons. The lowest BCUT2D eigenvalue weighted by atomic mass is 10.1. The molecule has 0 bridgehead atoms. The minimum atomic E-state index is -0.966. The molecule has 1 aliphatic carbocycles. The van der Waals surface area contributed by atoms with Crippen molar-refractivity contribution in [3.63, 3.8) is 0 Å². The van der Waals surface area contributed by atoms with Gasteiger partial charge in [-0.15, -0.1) is 0 Å². The molecule has 2 N–H and O–H groups in total. The van der Waals surface area contributed by atoms with Gasteiger partial charge in [-0.25, -0.2) is 4.79 Å². The van der Waals surface area contributed by atoms with E-state index in [1.54, 1.807) is 6.92 Å². The maximum Gasteiger partial charge on any atom is 0.326 e. The van der Waals surface area contributed by atoms with Crippen LogP contribution in [-0.4, -0.2) is 36.2 Å². The predicted molar refractivity (Wildman–Crippen MR) is 53.4 cm³/mol. The summed E-state index contributed by atoms with van der Waals surface area (Å²) in [6.07, 6.45) is 2.68. The molecule has 15 heavy (non-hydrogen) atoms. The van der Waals surface area contributed by atoms with E-state index in [-0.39, 0.29) is 12.5 Å². The van der Waals surface area contributed by atoms with Gasteiger partial charge >= 0.3 is 5.97 Å². The van der Waals surface area contributed by atoms with Gasteiger partial charge in [0.05, 0.1) is 0 Å². The van der Waals surface area contributed by atoms with Crippen LogP contribution in [0.5, 0.6) is 0 Å². The monoisotopic (exact) mass is 215 g/mol. The Morgan fingerprint density at radius 1 is 1.53 bits per heavy atom. The van der Waals surface area contributed by atoms with E-state index in [0.717, 1.165) is 12.8 Å². The Bertz CT molecular complexity index is 238.